The molecule has 1 aliphatic heterocycles. The van der Waals surface area contributed by atoms with E-state index in [4.69, 9.17) is 17.0 Å². The Morgan fingerprint density at radius 3 is 2.73 bits per heavy atom. The van der Waals surface area contributed by atoms with Crippen molar-refractivity contribution >= 4 is 29.3 Å². The Labute approximate surface area is 77.4 Å². The number of rotatable bonds is 2. The molecule has 1 aliphatic rings. The molecule has 0 aromatic rings. The van der Waals surface area contributed by atoms with Crippen molar-refractivity contribution < 1.29 is 4.74 Å². The van der Waals surface area contributed by atoms with Gasteiger partial charge in [0, 0.05) is 6.26 Å². The first-order valence-corrected chi connectivity index (χ1v) is 5.26. The number of thiocarbonyl (C=S) groups is 1. The highest BCUT2D eigenvalue weighted by Crippen LogP contribution is 2.25. The molecular formula is C7H13NOS2. The lowest BCUT2D eigenvalue weighted by Gasteiger charge is -2.22. The zero-order valence-corrected chi connectivity index (χ0v) is 8.67. The average molecular weight is 191 g/mol. The van der Waals surface area contributed by atoms with E-state index < -0.39 is 0 Å². The maximum Gasteiger partial charge on any atom is 0.270 e. The lowest BCUT2D eigenvalue weighted by molar-refractivity contribution is 0.293. The predicted molar refractivity (Wildman–Crippen MR) is 52.5 cm³/mol. The van der Waals surface area contributed by atoms with E-state index in [1.165, 1.54) is 0 Å². The van der Waals surface area contributed by atoms with Crippen molar-refractivity contribution in [3.8, 4) is 0 Å². The summed E-state index contributed by atoms with van der Waals surface area (Å²) in [5.74, 6) is 0.600. The second-order valence-corrected chi connectivity index (χ2v) is 4.00. The maximum atomic E-state index is 5.27. The zero-order valence-electron chi connectivity index (χ0n) is 7.03. The molecule has 1 saturated heterocycles. The van der Waals surface area contributed by atoms with Crippen molar-refractivity contribution in [3.05, 3.63) is 0 Å². The molecule has 64 valence electrons. The maximum absolute atomic E-state index is 5.27. The van der Waals surface area contributed by atoms with E-state index in [2.05, 4.69) is 18.2 Å². The second-order valence-electron chi connectivity index (χ2n) is 2.90. The lowest BCUT2D eigenvalue weighted by atomic mass is 10.1. The van der Waals surface area contributed by atoms with Gasteiger partial charge in [-0.15, -0.1) is 0 Å². The molecule has 2 nitrogen and oxygen atoms in total. The van der Waals surface area contributed by atoms with Crippen LogP contribution in [0.4, 0.5) is 0 Å². The van der Waals surface area contributed by atoms with E-state index in [0.29, 0.717) is 17.1 Å². The van der Waals surface area contributed by atoms with Crippen molar-refractivity contribution in [2.75, 3.05) is 12.9 Å². The third-order valence-electron chi connectivity index (χ3n) is 1.82. The first kappa shape index (κ1) is 9.13. The molecule has 1 rings (SSSR count). The van der Waals surface area contributed by atoms with Crippen LogP contribution < -0.4 is 0 Å². The summed E-state index contributed by atoms with van der Waals surface area (Å²) in [7, 11) is 0. The van der Waals surface area contributed by atoms with Gasteiger partial charge in [0.2, 0.25) is 0 Å². The van der Waals surface area contributed by atoms with Crippen molar-refractivity contribution in [1.29, 1.82) is 0 Å². The molecule has 0 N–H and O–H groups in total. The molecule has 0 amide bonds. The molecule has 0 aliphatic carbocycles. The molecule has 0 saturated carbocycles. The summed E-state index contributed by atoms with van der Waals surface area (Å²) in [6.45, 7) is 5.12. The number of nitrogens with zero attached hydrogens (tertiary/aromatic N) is 1. The molecule has 1 heterocycles. The number of hydrogen-bond donors (Lipinski definition) is 0. The fraction of sp³-hybridized carbons (Fsp3) is 0.857. The van der Waals surface area contributed by atoms with E-state index in [-0.39, 0.29) is 0 Å². The Hall–Kier alpha value is 0.0400. The van der Waals surface area contributed by atoms with Crippen molar-refractivity contribution in [3.63, 3.8) is 0 Å². The summed E-state index contributed by atoms with van der Waals surface area (Å²) >= 11 is 6.66. The standard InChI is InChI=1S/C7H13NOS2/c1-5(2)6-4-9-7(10)8(6)11-3/h5-6H,4H2,1-3H3/t6-/m0/s1. The van der Waals surface area contributed by atoms with Gasteiger partial charge in [-0.05, 0) is 30.1 Å². The smallest absolute Gasteiger partial charge is 0.270 e. The molecule has 0 spiro atoms. The normalized spacial score (nSPS) is 24.5. The molecule has 0 aromatic carbocycles. The number of hydrogen-bond acceptors (Lipinski definition) is 3. The Kier molecular flexibility index (Phi) is 3.01. The van der Waals surface area contributed by atoms with E-state index in [0.717, 1.165) is 6.61 Å². The minimum absolute atomic E-state index is 0.456. The highest BCUT2D eigenvalue weighted by molar-refractivity contribution is 7.97. The van der Waals surface area contributed by atoms with E-state index in [9.17, 15) is 0 Å². The van der Waals surface area contributed by atoms with E-state index in [1.54, 1.807) is 11.9 Å². The molecule has 0 unspecified atom stereocenters. The monoisotopic (exact) mass is 191 g/mol. The zero-order chi connectivity index (χ0) is 8.43. The van der Waals surface area contributed by atoms with Crippen LogP contribution in [0.25, 0.3) is 0 Å². The van der Waals surface area contributed by atoms with Crippen LogP contribution >= 0.6 is 24.2 Å². The molecule has 0 aromatic heterocycles. The fourth-order valence-electron chi connectivity index (χ4n) is 1.10. The van der Waals surface area contributed by atoms with Crippen LogP contribution in [-0.4, -0.2) is 28.4 Å². The van der Waals surface area contributed by atoms with Crippen LogP contribution in [0, 0.1) is 5.92 Å². The highest BCUT2D eigenvalue weighted by atomic mass is 32.2. The van der Waals surface area contributed by atoms with E-state index >= 15 is 0 Å². The van der Waals surface area contributed by atoms with Gasteiger partial charge in [0.05, 0.1) is 6.04 Å². The van der Waals surface area contributed by atoms with Crippen LogP contribution in [0.1, 0.15) is 13.8 Å². The van der Waals surface area contributed by atoms with Gasteiger partial charge in [-0.3, -0.25) is 4.31 Å². The first-order valence-electron chi connectivity index (χ1n) is 3.67. The van der Waals surface area contributed by atoms with Gasteiger partial charge in [-0.2, -0.15) is 0 Å². The summed E-state index contributed by atoms with van der Waals surface area (Å²) in [5.41, 5.74) is 0. The van der Waals surface area contributed by atoms with Crippen LogP contribution in [0.2, 0.25) is 0 Å². The number of ether oxygens (including phenoxy) is 1. The van der Waals surface area contributed by atoms with Gasteiger partial charge in [-0.25, -0.2) is 0 Å². The van der Waals surface area contributed by atoms with Crippen molar-refractivity contribution in [2.45, 2.75) is 19.9 Å². The summed E-state index contributed by atoms with van der Waals surface area (Å²) in [6, 6.07) is 0.456. The largest absolute Gasteiger partial charge is 0.468 e. The Morgan fingerprint density at radius 2 is 2.36 bits per heavy atom. The van der Waals surface area contributed by atoms with Crippen molar-refractivity contribution in [1.82, 2.24) is 4.31 Å². The summed E-state index contributed by atoms with van der Waals surface area (Å²) in [5, 5.41) is 0.635. The van der Waals surface area contributed by atoms with Gasteiger partial charge < -0.3 is 4.74 Å². The van der Waals surface area contributed by atoms with Gasteiger partial charge in [0.1, 0.15) is 6.61 Å². The molecule has 4 heteroatoms. The molecule has 0 bridgehead atoms. The SMILES string of the molecule is CSN1C(=S)OC[C@H]1C(C)C. The quantitative estimate of drug-likeness (QED) is 0.488. The third kappa shape index (κ3) is 1.79. The van der Waals surface area contributed by atoms with Gasteiger partial charge >= 0.3 is 0 Å². The predicted octanol–water partition coefficient (Wildman–Crippen LogP) is 1.91. The first-order chi connectivity index (χ1) is 5.16. The van der Waals surface area contributed by atoms with Crippen LogP contribution in [-0.2, 0) is 4.74 Å². The Balaban J connectivity index is 2.61. The highest BCUT2D eigenvalue weighted by Gasteiger charge is 2.31. The van der Waals surface area contributed by atoms with Crippen LogP contribution in [0.15, 0.2) is 0 Å². The average Bonchev–Trinajstić information content (AvgIpc) is 2.30. The minimum atomic E-state index is 0.456. The van der Waals surface area contributed by atoms with E-state index in [1.807, 2.05) is 6.26 Å². The third-order valence-corrected chi connectivity index (χ3v) is 3.09. The summed E-state index contributed by atoms with van der Waals surface area (Å²) in [4.78, 5) is 0. The van der Waals surface area contributed by atoms with Crippen molar-refractivity contribution in [2.24, 2.45) is 5.92 Å². The fourth-order valence-corrected chi connectivity index (χ4v) is 2.30. The molecular weight excluding hydrogens is 178 g/mol. The molecule has 0 radical (unpaired) electrons. The van der Waals surface area contributed by atoms with Gasteiger partial charge in [0.15, 0.2) is 0 Å². The lowest BCUT2D eigenvalue weighted by Crippen LogP contribution is -2.31. The van der Waals surface area contributed by atoms with Crippen LogP contribution in [0.3, 0.4) is 0 Å². The Morgan fingerprint density at radius 1 is 1.73 bits per heavy atom. The summed E-state index contributed by atoms with van der Waals surface area (Å²) < 4.78 is 7.34. The summed E-state index contributed by atoms with van der Waals surface area (Å²) in [6.07, 6.45) is 2.02. The van der Waals surface area contributed by atoms with Gasteiger partial charge in [-0.1, -0.05) is 13.8 Å². The minimum Gasteiger partial charge on any atom is -0.468 e. The molecule has 1 atom stereocenters. The second kappa shape index (κ2) is 3.63. The van der Waals surface area contributed by atoms with Gasteiger partial charge in [0.25, 0.3) is 5.17 Å². The topological polar surface area (TPSA) is 12.5 Å². The Bertz CT molecular complexity index is 161. The van der Waals surface area contributed by atoms with Crippen LogP contribution in [0.5, 0.6) is 0 Å². The molecule has 1 fully saturated rings. The molecule has 11 heavy (non-hydrogen) atoms.